The summed E-state index contributed by atoms with van der Waals surface area (Å²) in [4.78, 5) is 6.13. The van der Waals surface area contributed by atoms with E-state index in [1.54, 1.807) is 6.20 Å². The molecule has 16 heavy (non-hydrogen) atoms. The van der Waals surface area contributed by atoms with Gasteiger partial charge < -0.3 is 5.32 Å². The van der Waals surface area contributed by atoms with Crippen LogP contribution in [0.15, 0.2) is 30.5 Å². The second-order valence-corrected chi connectivity index (χ2v) is 4.57. The van der Waals surface area contributed by atoms with Crippen LogP contribution in [0.3, 0.4) is 0 Å². The first kappa shape index (κ1) is 10.7. The van der Waals surface area contributed by atoms with Crippen LogP contribution in [0.4, 0.5) is 5.82 Å². The summed E-state index contributed by atoms with van der Waals surface area (Å²) >= 11 is 1.51. The van der Waals surface area contributed by atoms with Gasteiger partial charge in [0, 0.05) is 11.1 Å². The molecule has 0 aliphatic heterocycles. The maximum atomic E-state index is 8.71. The summed E-state index contributed by atoms with van der Waals surface area (Å²) in [5.41, 5.74) is 1.12. The predicted molar refractivity (Wildman–Crippen MR) is 65.3 cm³/mol. The van der Waals surface area contributed by atoms with Gasteiger partial charge in [-0.05, 0) is 30.7 Å². The van der Waals surface area contributed by atoms with E-state index in [1.807, 2.05) is 31.2 Å². The summed E-state index contributed by atoms with van der Waals surface area (Å²) in [6.45, 7) is 2.73. The first-order chi connectivity index (χ1) is 7.79. The van der Waals surface area contributed by atoms with Gasteiger partial charge in [0.15, 0.2) is 0 Å². The third kappa shape index (κ3) is 2.38. The van der Waals surface area contributed by atoms with E-state index < -0.39 is 0 Å². The van der Waals surface area contributed by atoms with E-state index in [2.05, 4.69) is 16.4 Å². The number of hydrogen-bond acceptors (Lipinski definition) is 4. The van der Waals surface area contributed by atoms with E-state index in [0.717, 1.165) is 21.1 Å². The third-order valence-electron chi connectivity index (χ3n) is 2.21. The highest BCUT2D eigenvalue weighted by atomic mass is 32.1. The predicted octanol–water partition coefficient (Wildman–Crippen LogP) is 2.94. The quantitative estimate of drug-likeness (QED) is 0.880. The Kier molecular flexibility index (Phi) is 3.18. The molecular formula is C12H11N3S. The van der Waals surface area contributed by atoms with Crippen molar-refractivity contribution in [2.45, 2.75) is 13.5 Å². The van der Waals surface area contributed by atoms with Crippen molar-refractivity contribution in [2.24, 2.45) is 0 Å². The zero-order valence-electron chi connectivity index (χ0n) is 8.90. The second-order valence-electron chi connectivity index (χ2n) is 3.40. The van der Waals surface area contributed by atoms with Crippen LogP contribution in [-0.4, -0.2) is 4.98 Å². The van der Waals surface area contributed by atoms with E-state index in [1.165, 1.54) is 11.3 Å². The van der Waals surface area contributed by atoms with Gasteiger partial charge in [0.2, 0.25) is 0 Å². The molecule has 2 heterocycles. The molecule has 0 saturated heterocycles. The van der Waals surface area contributed by atoms with Crippen molar-refractivity contribution < 1.29 is 0 Å². The van der Waals surface area contributed by atoms with E-state index in [0.29, 0.717) is 6.54 Å². The number of aryl methyl sites for hydroxylation is 1. The topological polar surface area (TPSA) is 48.7 Å². The van der Waals surface area contributed by atoms with Crippen molar-refractivity contribution in [1.82, 2.24) is 4.98 Å². The molecule has 0 radical (unpaired) electrons. The molecule has 0 aliphatic carbocycles. The monoisotopic (exact) mass is 229 g/mol. The van der Waals surface area contributed by atoms with Gasteiger partial charge >= 0.3 is 0 Å². The molecular weight excluding hydrogens is 218 g/mol. The van der Waals surface area contributed by atoms with Crippen LogP contribution in [0.1, 0.15) is 15.3 Å². The van der Waals surface area contributed by atoms with E-state index in [4.69, 9.17) is 5.26 Å². The maximum absolute atomic E-state index is 8.71. The standard InChI is InChI=1S/C12H11N3S/c1-9-3-2-6-14-12(9)15-8-11-5-4-10(7-13)16-11/h2-6H,8H2,1H3,(H,14,15). The van der Waals surface area contributed by atoms with Gasteiger partial charge in [-0.25, -0.2) is 4.98 Å². The highest BCUT2D eigenvalue weighted by Gasteiger charge is 2.01. The Morgan fingerprint density at radius 3 is 3.00 bits per heavy atom. The largest absolute Gasteiger partial charge is 0.365 e. The van der Waals surface area contributed by atoms with Crippen LogP contribution < -0.4 is 5.32 Å². The van der Waals surface area contributed by atoms with E-state index in [9.17, 15) is 0 Å². The minimum absolute atomic E-state index is 0.712. The van der Waals surface area contributed by atoms with Crippen molar-refractivity contribution in [3.63, 3.8) is 0 Å². The van der Waals surface area contributed by atoms with Crippen LogP contribution in [0.2, 0.25) is 0 Å². The molecule has 0 amide bonds. The molecule has 80 valence electrons. The average Bonchev–Trinajstić information content (AvgIpc) is 2.76. The van der Waals surface area contributed by atoms with Crippen LogP contribution in [0.25, 0.3) is 0 Å². The lowest BCUT2D eigenvalue weighted by Crippen LogP contribution is -2.01. The lowest BCUT2D eigenvalue weighted by Gasteiger charge is -2.05. The van der Waals surface area contributed by atoms with Crippen molar-refractivity contribution >= 4 is 17.2 Å². The molecule has 2 aromatic rings. The second kappa shape index (κ2) is 4.77. The summed E-state index contributed by atoms with van der Waals surface area (Å²) in [6.07, 6.45) is 1.77. The summed E-state index contributed by atoms with van der Waals surface area (Å²) in [7, 11) is 0. The Labute approximate surface area is 98.4 Å². The number of nitriles is 1. The smallest absolute Gasteiger partial charge is 0.129 e. The fourth-order valence-corrected chi connectivity index (χ4v) is 2.12. The van der Waals surface area contributed by atoms with Crippen molar-refractivity contribution in [3.05, 3.63) is 45.8 Å². The summed E-state index contributed by atoms with van der Waals surface area (Å²) in [5.74, 6) is 0.898. The Morgan fingerprint density at radius 1 is 1.44 bits per heavy atom. The number of nitrogens with one attached hydrogen (secondary N) is 1. The number of pyridine rings is 1. The van der Waals surface area contributed by atoms with Crippen LogP contribution in [0.5, 0.6) is 0 Å². The number of anilines is 1. The molecule has 0 aliphatic rings. The lowest BCUT2D eigenvalue weighted by atomic mass is 10.3. The number of hydrogen-bond donors (Lipinski definition) is 1. The molecule has 0 bridgehead atoms. The minimum Gasteiger partial charge on any atom is -0.365 e. The Morgan fingerprint density at radius 2 is 2.31 bits per heavy atom. The van der Waals surface area contributed by atoms with Crippen molar-refractivity contribution in [2.75, 3.05) is 5.32 Å². The summed E-state index contributed by atoms with van der Waals surface area (Å²) in [6, 6.07) is 9.87. The molecule has 0 fully saturated rings. The van der Waals surface area contributed by atoms with E-state index in [-0.39, 0.29) is 0 Å². The SMILES string of the molecule is Cc1cccnc1NCc1ccc(C#N)s1. The molecule has 3 nitrogen and oxygen atoms in total. The van der Waals surface area contributed by atoms with E-state index >= 15 is 0 Å². The number of rotatable bonds is 3. The molecule has 2 aromatic heterocycles. The van der Waals surface area contributed by atoms with Crippen LogP contribution in [0, 0.1) is 18.3 Å². The van der Waals surface area contributed by atoms with Gasteiger partial charge in [-0.3, -0.25) is 0 Å². The first-order valence-corrected chi connectivity index (χ1v) is 5.75. The third-order valence-corrected chi connectivity index (χ3v) is 3.20. The highest BCUT2D eigenvalue weighted by Crippen LogP contribution is 2.17. The van der Waals surface area contributed by atoms with Gasteiger partial charge in [0.25, 0.3) is 0 Å². The average molecular weight is 229 g/mol. The minimum atomic E-state index is 0.712. The normalized spacial score (nSPS) is 9.75. The van der Waals surface area contributed by atoms with Crippen molar-refractivity contribution in [1.29, 1.82) is 5.26 Å². The Bertz CT molecular complexity index is 525. The number of aromatic nitrogens is 1. The molecule has 0 unspecified atom stereocenters. The molecule has 2 rings (SSSR count). The van der Waals surface area contributed by atoms with Gasteiger partial charge in [-0.15, -0.1) is 11.3 Å². The fourth-order valence-electron chi connectivity index (χ4n) is 1.37. The zero-order valence-corrected chi connectivity index (χ0v) is 9.71. The maximum Gasteiger partial charge on any atom is 0.129 e. The van der Waals surface area contributed by atoms with Gasteiger partial charge in [0.1, 0.15) is 16.8 Å². The lowest BCUT2D eigenvalue weighted by molar-refractivity contribution is 1.12. The molecule has 0 aromatic carbocycles. The summed E-state index contributed by atoms with van der Waals surface area (Å²) < 4.78 is 0. The van der Waals surface area contributed by atoms with Crippen LogP contribution in [-0.2, 0) is 6.54 Å². The highest BCUT2D eigenvalue weighted by molar-refractivity contribution is 7.12. The number of nitrogens with zero attached hydrogens (tertiary/aromatic N) is 2. The number of thiophene rings is 1. The fraction of sp³-hybridized carbons (Fsp3) is 0.167. The summed E-state index contributed by atoms with van der Waals surface area (Å²) in [5, 5.41) is 12.0. The molecule has 0 saturated carbocycles. The van der Waals surface area contributed by atoms with Gasteiger partial charge in [-0.1, -0.05) is 6.07 Å². The van der Waals surface area contributed by atoms with Gasteiger partial charge in [-0.2, -0.15) is 5.26 Å². The first-order valence-electron chi connectivity index (χ1n) is 4.94. The molecule has 0 spiro atoms. The molecule has 4 heteroatoms. The van der Waals surface area contributed by atoms with Crippen LogP contribution >= 0.6 is 11.3 Å². The zero-order chi connectivity index (χ0) is 11.4. The van der Waals surface area contributed by atoms with Gasteiger partial charge in [0.05, 0.1) is 6.54 Å². The molecule has 0 atom stereocenters. The Balaban J connectivity index is 2.03. The van der Waals surface area contributed by atoms with Crippen molar-refractivity contribution in [3.8, 4) is 6.07 Å². The molecule has 1 N–H and O–H groups in total. The Hall–Kier alpha value is -1.86.